The van der Waals surface area contributed by atoms with E-state index in [9.17, 15) is 35.1 Å². The van der Waals surface area contributed by atoms with Crippen molar-refractivity contribution in [2.24, 2.45) is 5.41 Å². The average molecular weight is 609 g/mol. The molecule has 6 N–H and O–H groups in total. The molecule has 1 aliphatic carbocycles. The molecule has 4 aliphatic heterocycles. The predicted molar refractivity (Wildman–Crippen MR) is 141 cm³/mol. The molecule has 0 spiro atoms. The number of amides is 1. The summed E-state index contributed by atoms with van der Waals surface area (Å²) in [5, 5.41) is 52.6. The zero-order valence-electron chi connectivity index (χ0n) is 23.1. The first kappa shape index (κ1) is 30.5. The summed E-state index contributed by atoms with van der Waals surface area (Å²) in [5.41, 5.74) is 0.346. The van der Waals surface area contributed by atoms with Gasteiger partial charge in [-0.15, -0.1) is 0 Å². The fourth-order valence-corrected chi connectivity index (χ4v) is 6.62. The number of carbonyl (C=O) groups excluding carboxylic acids is 2. The van der Waals surface area contributed by atoms with Crippen molar-refractivity contribution in [2.45, 2.75) is 74.1 Å². The molecular weight excluding hydrogens is 572 g/mol. The van der Waals surface area contributed by atoms with Crippen molar-refractivity contribution in [2.75, 3.05) is 33.2 Å². The summed E-state index contributed by atoms with van der Waals surface area (Å²) in [4.78, 5) is 33.1. The maximum Gasteiger partial charge on any atom is 0.327 e. The van der Waals surface area contributed by atoms with Gasteiger partial charge in [-0.05, 0) is 11.1 Å². The van der Waals surface area contributed by atoms with E-state index in [2.05, 4.69) is 5.32 Å². The molecule has 11 unspecified atom stereocenters. The Morgan fingerprint density at radius 3 is 2.60 bits per heavy atom. The van der Waals surface area contributed by atoms with Crippen LogP contribution in [0.25, 0.3) is 6.08 Å². The second-order valence-electron chi connectivity index (χ2n) is 11.3. The quantitative estimate of drug-likeness (QED) is 0.148. The lowest BCUT2D eigenvalue weighted by atomic mass is 9.62. The summed E-state index contributed by atoms with van der Waals surface area (Å²) >= 11 is 0. The summed E-state index contributed by atoms with van der Waals surface area (Å²) in [5.74, 6) is -0.980. The molecule has 4 saturated heterocycles. The highest BCUT2D eigenvalue weighted by molar-refractivity contribution is 5.93. The molecule has 43 heavy (non-hydrogen) atoms. The number of rotatable bonds is 10. The number of hydrogen-bond donors (Lipinski definition) is 6. The molecule has 1 saturated carbocycles. The van der Waals surface area contributed by atoms with Crippen LogP contribution in [-0.2, 0) is 44.7 Å². The number of esters is 1. The number of aliphatic hydroxyl groups excluding tert-OH is 5. The van der Waals surface area contributed by atoms with Crippen LogP contribution < -0.4 is 5.32 Å². The number of nitrogens with zero attached hydrogens (tertiary/aromatic N) is 1. The number of hydroxylamine groups is 2. The molecule has 6 rings (SSSR count). The Morgan fingerprint density at radius 1 is 1.09 bits per heavy atom. The summed E-state index contributed by atoms with van der Waals surface area (Å²) in [6, 6.07) is 6.35. The van der Waals surface area contributed by atoms with Crippen LogP contribution in [-0.4, -0.2) is 137 Å². The highest BCUT2D eigenvalue weighted by Gasteiger charge is 2.74. The lowest BCUT2D eigenvalue weighted by molar-refractivity contribution is -0.298. The molecule has 0 radical (unpaired) electrons. The molecular formula is C28H36N2O13. The third kappa shape index (κ3) is 5.38. The number of aliphatic hydroxyl groups is 5. The smallest absolute Gasteiger partial charge is 0.327 e. The fraction of sp³-hybridized carbons (Fsp3) is 0.643. The first-order valence-corrected chi connectivity index (χ1v) is 14.2. The second kappa shape index (κ2) is 12.5. The minimum absolute atomic E-state index is 0.00475. The predicted octanol–water partition coefficient (Wildman–Crippen LogP) is -2.83. The Kier molecular flexibility index (Phi) is 8.83. The van der Waals surface area contributed by atoms with Crippen LogP contribution >= 0.6 is 0 Å². The fourth-order valence-electron chi connectivity index (χ4n) is 6.62. The zero-order valence-corrected chi connectivity index (χ0v) is 23.1. The lowest BCUT2D eigenvalue weighted by Crippen LogP contribution is -2.69. The van der Waals surface area contributed by atoms with Gasteiger partial charge in [-0.3, -0.25) is 14.4 Å². The normalized spacial score (nSPS) is 40.4. The average Bonchev–Trinajstić information content (AvgIpc) is 3.63. The number of benzene rings is 1. The molecule has 5 aliphatic rings. The van der Waals surface area contributed by atoms with E-state index in [1.165, 1.54) is 5.06 Å². The Balaban J connectivity index is 1.11. The Bertz CT molecular complexity index is 1200. The van der Waals surface area contributed by atoms with Gasteiger partial charge < -0.3 is 54.5 Å². The van der Waals surface area contributed by atoms with E-state index < -0.39 is 85.1 Å². The number of fused-ring (bicyclic) bond motifs is 4. The molecule has 5 fully saturated rings. The monoisotopic (exact) mass is 608 g/mol. The topological polar surface area (TPSA) is 206 Å². The molecule has 4 heterocycles. The molecule has 0 aromatic heterocycles. The summed E-state index contributed by atoms with van der Waals surface area (Å²) in [6.07, 6.45) is -5.64. The van der Waals surface area contributed by atoms with Crippen LogP contribution in [0.2, 0.25) is 0 Å². The van der Waals surface area contributed by atoms with Gasteiger partial charge in [0, 0.05) is 13.0 Å². The maximum atomic E-state index is 13.5. The van der Waals surface area contributed by atoms with Crippen LogP contribution in [0.1, 0.15) is 17.5 Å². The first-order valence-electron chi connectivity index (χ1n) is 14.2. The van der Waals surface area contributed by atoms with Gasteiger partial charge in [-0.25, -0.2) is 0 Å². The van der Waals surface area contributed by atoms with Gasteiger partial charge in [0.15, 0.2) is 12.3 Å². The van der Waals surface area contributed by atoms with Crippen molar-refractivity contribution in [1.29, 1.82) is 0 Å². The molecule has 11 atom stereocenters. The number of carbonyl (C=O) groups is 2. The van der Waals surface area contributed by atoms with Gasteiger partial charge in [-0.2, -0.15) is 5.06 Å². The van der Waals surface area contributed by atoms with E-state index >= 15 is 0 Å². The van der Waals surface area contributed by atoms with Crippen molar-refractivity contribution >= 4 is 18.0 Å². The van der Waals surface area contributed by atoms with Gasteiger partial charge in [-0.1, -0.05) is 36.4 Å². The number of hydrogen-bond acceptors (Lipinski definition) is 14. The van der Waals surface area contributed by atoms with Crippen LogP contribution in [0.4, 0.5) is 0 Å². The molecule has 1 amide bonds. The van der Waals surface area contributed by atoms with E-state index in [1.54, 1.807) is 12.2 Å². The number of nitrogens with one attached hydrogen (secondary N) is 1. The Labute approximate surface area is 246 Å². The van der Waals surface area contributed by atoms with E-state index in [4.69, 9.17) is 28.5 Å². The highest BCUT2D eigenvalue weighted by atomic mass is 16.8. The summed E-state index contributed by atoms with van der Waals surface area (Å²) < 4.78 is 28.0. The van der Waals surface area contributed by atoms with Crippen LogP contribution in [0, 0.1) is 5.41 Å². The third-order valence-corrected chi connectivity index (χ3v) is 8.73. The highest BCUT2D eigenvalue weighted by Crippen LogP contribution is 2.55. The Morgan fingerprint density at radius 2 is 1.86 bits per heavy atom. The molecule has 15 heteroatoms. The van der Waals surface area contributed by atoms with Crippen molar-refractivity contribution < 1.29 is 63.6 Å². The molecule has 1 aromatic rings. The standard InChI is InChI=1S/C28H36N2O13/c31-8-7-29-27(37)28-10-16-21-22(40-13-39-21)24(28)43-30(23(28)25(36)41-16)11-15-5-3-14(4-6-15)2-1-9-38-26-20(35)19(34)18(33)17(12-32)42-26/h1-6,16-24,26,31-35H,7-13H2,(H,29,37). The molecule has 2 bridgehead atoms. The van der Waals surface area contributed by atoms with Gasteiger partial charge in [0.25, 0.3) is 0 Å². The van der Waals surface area contributed by atoms with Gasteiger partial charge in [0.05, 0.1) is 26.4 Å². The van der Waals surface area contributed by atoms with Crippen molar-refractivity contribution in [1.82, 2.24) is 10.4 Å². The second-order valence-corrected chi connectivity index (χ2v) is 11.3. The summed E-state index contributed by atoms with van der Waals surface area (Å²) in [7, 11) is 0. The largest absolute Gasteiger partial charge is 0.458 e. The van der Waals surface area contributed by atoms with Gasteiger partial charge in [0.2, 0.25) is 5.91 Å². The van der Waals surface area contributed by atoms with E-state index in [0.717, 1.165) is 11.1 Å². The van der Waals surface area contributed by atoms with E-state index in [0.29, 0.717) is 0 Å². The lowest BCUT2D eigenvalue weighted by Gasteiger charge is -2.48. The van der Waals surface area contributed by atoms with Crippen molar-refractivity contribution in [3.63, 3.8) is 0 Å². The molecule has 236 valence electrons. The van der Waals surface area contributed by atoms with Crippen LogP contribution in [0.5, 0.6) is 0 Å². The molecule has 15 nitrogen and oxygen atoms in total. The summed E-state index contributed by atoms with van der Waals surface area (Å²) in [6.45, 7) is -0.550. The van der Waals surface area contributed by atoms with E-state index in [1.807, 2.05) is 24.3 Å². The molecule has 1 aromatic carbocycles. The van der Waals surface area contributed by atoms with Gasteiger partial charge >= 0.3 is 5.97 Å². The van der Waals surface area contributed by atoms with Crippen LogP contribution in [0.15, 0.2) is 30.3 Å². The van der Waals surface area contributed by atoms with Gasteiger partial charge in [0.1, 0.15) is 61.0 Å². The Hall–Kier alpha value is -2.54. The maximum absolute atomic E-state index is 13.5. The SMILES string of the molecule is O=C1OC2CC3(C(=O)NCCO)C(ON(Cc4ccc(C=CCOC5OC(CO)C(O)C(O)C5O)cc4)C13)C1OCOC21. The number of ether oxygens (including phenoxy) is 5. The third-order valence-electron chi connectivity index (χ3n) is 8.73. The zero-order chi connectivity index (χ0) is 30.3. The minimum Gasteiger partial charge on any atom is -0.458 e. The van der Waals surface area contributed by atoms with Crippen molar-refractivity contribution in [3.8, 4) is 0 Å². The van der Waals surface area contributed by atoms with Crippen molar-refractivity contribution in [3.05, 3.63) is 41.5 Å². The first-order chi connectivity index (χ1) is 20.8. The minimum atomic E-state index is -1.52. The van der Waals surface area contributed by atoms with Crippen LogP contribution in [0.3, 0.4) is 0 Å². The van der Waals surface area contributed by atoms with E-state index in [-0.39, 0.29) is 39.5 Å².